The summed E-state index contributed by atoms with van der Waals surface area (Å²) in [5, 5.41) is 7.47. The molecule has 0 aliphatic carbocycles. The number of H-pyrrole nitrogens is 1. The number of carbonyl (C=O) groups is 1. The Morgan fingerprint density at radius 1 is 1.00 bits per heavy atom. The number of rotatable bonds is 6. The minimum Gasteiger partial charge on any atom is -0.454 e. The number of nitrogens with one attached hydrogen (secondary N) is 1. The van der Waals surface area contributed by atoms with Gasteiger partial charge in [0.15, 0.2) is 16.7 Å². The summed E-state index contributed by atoms with van der Waals surface area (Å²) in [5.74, 6) is 2.50. The zero-order chi connectivity index (χ0) is 21.0. The zero-order valence-corrected chi connectivity index (χ0v) is 17.8. The number of piperazine rings is 1. The average molecular weight is 438 g/mol. The highest BCUT2D eigenvalue weighted by Gasteiger charge is 2.23. The number of amides is 1. The van der Waals surface area contributed by atoms with Gasteiger partial charge in [0, 0.05) is 44.0 Å². The molecule has 3 aromatic rings. The Kier molecular flexibility index (Phi) is 5.77. The van der Waals surface area contributed by atoms with Crippen molar-refractivity contribution in [2.75, 3.05) is 33.0 Å². The first-order valence-corrected chi connectivity index (χ1v) is 11.2. The molecule has 0 radical (unpaired) electrons. The number of nitrogens with zero attached hydrogens (tertiary/aromatic N) is 4. The third kappa shape index (κ3) is 4.67. The van der Waals surface area contributed by atoms with Gasteiger partial charge < -0.3 is 14.4 Å². The van der Waals surface area contributed by atoms with Gasteiger partial charge in [0.1, 0.15) is 6.33 Å². The van der Waals surface area contributed by atoms with Crippen molar-refractivity contribution in [3.05, 3.63) is 65.5 Å². The normalized spacial score (nSPS) is 15.9. The highest BCUT2D eigenvalue weighted by atomic mass is 32.2. The van der Waals surface area contributed by atoms with Gasteiger partial charge in [-0.05, 0) is 35.4 Å². The van der Waals surface area contributed by atoms with E-state index in [1.165, 1.54) is 11.9 Å². The summed E-state index contributed by atoms with van der Waals surface area (Å²) in [6.07, 6.45) is 1.50. The van der Waals surface area contributed by atoms with Gasteiger partial charge in [0.05, 0.1) is 0 Å². The summed E-state index contributed by atoms with van der Waals surface area (Å²) in [7, 11) is 0. The molecular formula is C22H23N5O3S. The summed E-state index contributed by atoms with van der Waals surface area (Å²) >= 11 is 1.58. The van der Waals surface area contributed by atoms with Gasteiger partial charge in [-0.25, -0.2) is 4.98 Å². The lowest BCUT2D eigenvalue weighted by molar-refractivity contribution is 0.0628. The summed E-state index contributed by atoms with van der Waals surface area (Å²) in [5.41, 5.74) is 3.08. The maximum Gasteiger partial charge on any atom is 0.253 e. The van der Waals surface area contributed by atoms with Crippen molar-refractivity contribution in [2.24, 2.45) is 0 Å². The van der Waals surface area contributed by atoms with Crippen LogP contribution in [0.5, 0.6) is 11.5 Å². The molecule has 2 aliphatic rings. The average Bonchev–Trinajstić information content (AvgIpc) is 3.50. The third-order valence-electron chi connectivity index (χ3n) is 5.47. The topological polar surface area (TPSA) is 83.6 Å². The number of hydrogen-bond acceptors (Lipinski definition) is 7. The van der Waals surface area contributed by atoms with Crippen LogP contribution in [0.1, 0.15) is 21.5 Å². The van der Waals surface area contributed by atoms with Crippen LogP contribution in [0, 0.1) is 0 Å². The maximum absolute atomic E-state index is 12.9. The molecule has 1 N–H and O–H groups in total. The summed E-state index contributed by atoms with van der Waals surface area (Å²) in [6.45, 7) is 4.30. The second kappa shape index (κ2) is 8.99. The van der Waals surface area contributed by atoms with Gasteiger partial charge in [0.2, 0.25) is 6.79 Å². The molecule has 0 atom stereocenters. The van der Waals surface area contributed by atoms with Crippen LogP contribution in [0.25, 0.3) is 0 Å². The molecule has 8 nitrogen and oxygen atoms in total. The van der Waals surface area contributed by atoms with Crippen molar-refractivity contribution < 1.29 is 14.3 Å². The van der Waals surface area contributed by atoms with E-state index < -0.39 is 0 Å². The first-order chi connectivity index (χ1) is 15.2. The molecule has 0 bridgehead atoms. The van der Waals surface area contributed by atoms with Crippen molar-refractivity contribution >= 4 is 17.7 Å². The Balaban J connectivity index is 1.12. The largest absolute Gasteiger partial charge is 0.454 e. The Morgan fingerprint density at radius 2 is 1.77 bits per heavy atom. The first kappa shape index (κ1) is 19.9. The van der Waals surface area contributed by atoms with Crippen molar-refractivity contribution in [1.29, 1.82) is 0 Å². The summed E-state index contributed by atoms with van der Waals surface area (Å²) in [6, 6.07) is 13.9. The fourth-order valence-electron chi connectivity index (χ4n) is 3.75. The van der Waals surface area contributed by atoms with Gasteiger partial charge in [-0.1, -0.05) is 30.0 Å². The molecule has 160 valence electrons. The van der Waals surface area contributed by atoms with E-state index >= 15 is 0 Å². The monoisotopic (exact) mass is 437 g/mol. The fourth-order valence-corrected chi connectivity index (χ4v) is 4.48. The molecule has 9 heteroatoms. The molecule has 5 rings (SSSR count). The predicted molar refractivity (Wildman–Crippen MR) is 116 cm³/mol. The molecular weight excluding hydrogens is 414 g/mol. The van der Waals surface area contributed by atoms with Crippen LogP contribution in [0.4, 0.5) is 0 Å². The molecule has 0 unspecified atom stereocenters. The molecule has 1 fully saturated rings. The van der Waals surface area contributed by atoms with Gasteiger partial charge in [-0.3, -0.25) is 14.8 Å². The first-order valence-electron chi connectivity index (χ1n) is 10.2. The smallest absolute Gasteiger partial charge is 0.253 e. The van der Waals surface area contributed by atoms with Gasteiger partial charge in [-0.15, -0.1) is 0 Å². The van der Waals surface area contributed by atoms with Crippen LogP contribution >= 0.6 is 11.8 Å². The maximum atomic E-state index is 12.9. The predicted octanol–water partition coefficient (Wildman–Crippen LogP) is 2.78. The van der Waals surface area contributed by atoms with E-state index in [-0.39, 0.29) is 5.91 Å². The molecule has 1 saturated heterocycles. The molecule has 3 heterocycles. The number of benzene rings is 2. The van der Waals surface area contributed by atoms with E-state index in [1.807, 2.05) is 41.3 Å². The lowest BCUT2D eigenvalue weighted by Gasteiger charge is -2.34. The van der Waals surface area contributed by atoms with Gasteiger partial charge >= 0.3 is 0 Å². The second-order valence-electron chi connectivity index (χ2n) is 7.53. The Hall–Kier alpha value is -3.04. The molecule has 2 aliphatic heterocycles. The minimum absolute atomic E-state index is 0.0946. The highest BCUT2D eigenvalue weighted by molar-refractivity contribution is 7.98. The Labute approximate surface area is 184 Å². The Bertz CT molecular complexity index is 1030. The van der Waals surface area contributed by atoms with Crippen molar-refractivity contribution in [3.63, 3.8) is 0 Å². The van der Waals surface area contributed by atoms with Crippen molar-refractivity contribution in [1.82, 2.24) is 25.0 Å². The molecule has 0 spiro atoms. The summed E-state index contributed by atoms with van der Waals surface area (Å²) in [4.78, 5) is 21.3. The molecule has 2 aromatic carbocycles. The number of ether oxygens (including phenoxy) is 2. The number of aromatic amines is 1. The van der Waals surface area contributed by atoms with Crippen molar-refractivity contribution in [2.45, 2.75) is 17.5 Å². The van der Waals surface area contributed by atoms with E-state index in [4.69, 9.17) is 9.47 Å². The van der Waals surface area contributed by atoms with Crippen LogP contribution in [-0.2, 0) is 12.3 Å². The fraction of sp³-hybridized carbons (Fsp3) is 0.318. The molecule has 1 amide bonds. The van der Waals surface area contributed by atoms with E-state index in [0.717, 1.165) is 66.3 Å². The lowest BCUT2D eigenvalue weighted by atomic mass is 10.1. The molecule has 1 aromatic heterocycles. The second-order valence-corrected chi connectivity index (χ2v) is 8.50. The zero-order valence-electron chi connectivity index (χ0n) is 17.0. The number of aromatic nitrogens is 3. The number of thioether (sulfide) groups is 1. The highest BCUT2D eigenvalue weighted by Crippen LogP contribution is 2.32. The third-order valence-corrected chi connectivity index (χ3v) is 6.42. The van der Waals surface area contributed by atoms with E-state index in [2.05, 4.69) is 26.1 Å². The molecule has 31 heavy (non-hydrogen) atoms. The van der Waals surface area contributed by atoms with Crippen LogP contribution in [0.3, 0.4) is 0 Å². The number of carbonyl (C=O) groups excluding carboxylic acids is 1. The van der Waals surface area contributed by atoms with E-state index in [9.17, 15) is 4.79 Å². The molecule has 0 saturated carbocycles. The van der Waals surface area contributed by atoms with Crippen LogP contribution < -0.4 is 9.47 Å². The van der Waals surface area contributed by atoms with Gasteiger partial charge in [-0.2, -0.15) is 5.10 Å². The minimum atomic E-state index is 0.0946. The van der Waals surface area contributed by atoms with Crippen LogP contribution in [0.2, 0.25) is 0 Å². The van der Waals surface area contributed by atoms with Crippen LogP contribution in [0.15, 0.2) is 53.9 Å². The number of fused-ring (bicyclic) bond motifs is 1. The van der Waals surface area contributed by atoms with Crippen molar-refractivity contribution in [3.8, 4) is 11.5 Å². The quantitative estimate of drug-likeness (QED) is 0.594. The van der Waals surface area contributed by atoms with E-state index in [0.29, 0.717) is 6.79 Å². The Morgan fingerprint density at radius 3 is 2.55 bits per heavy atom. The SMILES string of the molecule is O=C(c1ccc(CSc2ncn[nH]2)cc1)N1CCN(Cc2ccc3c(c2)OCO3)CC1. The number of hydrogen-bond donors (Lipinski definition) is 1. The van der Waals surface area contributed by atoms with Crippen LogP contribution in [-0.4, -0.2) is 63.9 Å². The van der Waals surface area contributed by atoms with E-state index in [1.54, 1.807) is 11.8 Å². The van der Waals surface area contributed by atoms with Gasteiger partial charge in [0.25, 0.3) is 5.91 Å². The standard InChI is InChI=1S/C22H23N5O3S/c28-21(18-4-1-16(2-5-18)13-31-22-23-14-24-25-22)27-9-7-26(8-10-27)12-17-3-6-19-20(11-17)30-15-29-19/h1-6,11,14H,7-10,12-13,15H2,(H,23,24,25). The lowest BCUT2D eigenvalue weighted by Crippen LogP contribution is -2.48. The summed E-state index contributed by atoms with van der Waals surface area (Å²) < 4.78 is 10.8.